The number of anilines is 1. The number of fused-ring (bicyclic) bond motifs is 2. The zero-order valence-electron chi connectivity index (χ0n) is 20.9. The number of rotatable bonds is 7. The van der Waals surface area contributed by atoms with E-state index in [1.54, 1.807) is 30.9 Å². The van der Waals surface area contributed by atoms with E-state index < -0.39 is 12.0 Å². The number of H-pyrrole nitrogens is 2. The lowest BCUT2D eigenvalue weighted by Crippen LogP contribution is -2.20. The van der Waals surface area contributed by atoms with E-state index in [4.69, 9.17) is 4.74 Å². The minimum atomic E-state index is -0.576. The van der Waals surface area contributed by atoms with Crippen LogP contribution >= 0.6 is 0 Å². The average molecular weight is 522 g/mol. The topological polar surface area (TPSA) is 125 Å². The van der Waals surface area contributed by atoms with E-state index in [1.165, 1.54) is 19.2 Å². The first kappa shape index (κ1) is 23.3. The maximum atomic E-state index is 14.2. The highest BCUT2D eigenvalue weighted by molar-refractivity contribution is 6.00. The Morgan fingerprint density at radius 3 is 2.69 bits per heavy atom. The molecule has 10 heteroatoms. The summed E-state index contributed by atoms with van der Waals surface area (Å²) in [6, 6.07) is 12.3. The van der Waals surface area contributed by atoms with Crippen molar-refractivity contribution >= 4 is 27.5 Å². The summed E-state index contributed by atoms with van der Waals surface area (Å²) >= 11 is 0. The van der Waals surface area contributed by atoms with E-state index in [2.05, 4.69) is 35.5 Å². The van der Waals surface area contributed by atoms with Gasteiger partial charge in [-0.2, -0.15) is 5.10 Å². The van der Waals surface area contributed by atoms with Gasteiger partial charge in [-0.3, -0.25) is 20.1 Å². The van der Waals surface area contributed by atoms with E-state index in [0.29, 0.717) is 22.9 Å². The predicted molar refractivity (Wildman–Crippen MR) is 147 cm³/mol. The van der Waals surface area contributed by atoms with Crippen LogP contribution in [0.3, 0.4) is 0 Å². The lowest BCUT2D eigenvalue weighted by atomic mass is 10.1. The van der Waals surface area contributed by atoms with Gasteiger partial charge in [0.2, 0.25) is 0 Å². The van der Waals surface area contributed by atoms with Crippen LogP contribution in [0.2, 0.25) is 0 Å². The van der Waals surface area contributed by atoms with Crippen LogP contribution in [0.5, 0.6) is 5.75 Å². The van der Waals surface area contributed by atoms with Crippen molar-refractivity contribution in [1.82, 2.24) is 30.1 Å². The Balaban J connectivity index is 1.28. The van der Waals surface area contributed by atoms with Crippen molar-refractivity contribution in [2.45, 2.75) is 19.1 Å². The lowest BCUT2D eigenvalue weighted by molar-refractivity contribution is 0.180. The van der Waals surface area contributed by atoms with Gasteiger partial charge in [0.15, 0.2) is 0 Å². The minimum Gasteiger partial charge on any atom is -0.497 e. The van der Waals surface area contributed by atoms with Crippen LogP contribution in [0.15, 0.2) is 67.3 Å². The lowest BCUT2D eigenvalue weighted by Gasteiger charge is -2.13. The molecule has 5 heterocycles. The number of pyridine rings is 3. The molecule has 7 rings (SSSR count). The van der Waals surface area contributed by atoms with Gasteiger partial charge in [-0.05, 0) is 49.2 Å². The number of halogens is 1. The Labute approximate surface area is 222 Å². The molecule has 0 amide bonds. The van der Waals surface area contributed by atoms with E-state index in [9.17, 15) is 9.50 Å². The summed E-state index contributed by atoms with van der Waals surface area (Å²) in [6.07, 6.45) is 8.36. The van der Waals surface area contributed by atoms with Gasteiger partial charge < -0.3 is 20.1 Å². The van der Waals surface area contributed by atoms with Crippen LogP contribution in [0.4, 0.5) is 10.1 Å². The van der Waals surface area contributed by atoms with Gasteiger partial charge in [-0.15, -0.1) is 0 Å². The number of aliphatic hydroxyl groups is 1. The fourth-order valence-electron chi connectivity index (χ4n) is 4.87. The first-order valence-corrected chi connectivity index (χ1v) is 12.6. The largest absolute Gasteiger partial charge is 0.497 e. The summed E-state index contributed by atoms with van der Waals surface area (Å²) in [5.74, 6) is 0.327. The summed E-state index contributed by atoms with van der Waals surface area (Å²) < 4.78 is 19.5. The molecular formula is C29H24FN7O2. The maximum absolute atomic E-state index is 14.2. The second-order valence-electron chi connectivity index (χ2n) is 9.76. The summed E-state index contributed by atoms with van der Waals surface area (Å²) in [5.41, 5.74) is 6.69. The molecule has 1 atom stereocenters. The molecule has 0 aliphatic heterocycles. The van der Waals surface area contributed by atoms with Crippen LogP contribution in [0, 0.1) is 11.7 Å². The Morgan fingerprint density at radius 1 is 0.974 bits per heavy atom. The molecule has 1 fully saturated rings. The van der Waals surface area contributed by atoms with Crippen molar-refractivity contribution in [3.63, 3.8) is 0 Å². The Kier molecular flexibility index (Phi) is 5.48. The van der Waals surface area contributed by atoms with E-state index in [-0.39, 0.29) is 0 Å². The molecule has 1 aliphatic rings. The van der Waals surface area contributed by atoms with Crippen molar-refractivity contribution in [3.05, 3.63) is 73.1 Å². The van der Waals surface area contributed by atoms with Gasteiger partial charge in [-0.25, -0.2) is 4.39 Å². The van der Waals surface area contributed by atoms with Crippen molar-refractivity contribution in [2.24, 2.45) is 5.92 Å². The second kappa shape index (κ2) is 9.17. The van der Waals surface area contributed by atoms with Crippen molar-refractivity contribution in [3.8, 4) is 39.7 Å². The highest BCUT2D eigenvalue weighted by Gasteiger charge is 2.29. The molecule has 4 N–H and O–H groups in total. The molecule has 0 bridgehead atoms. The number of methoxy groups -OCH3 is 1. The highest BCUT2D eigenvalue weighted by atomic mass is 19.1. The number of hydrogen-bond acceptors (Lipinski definition) is 7. The fraction of sp³-hybridized carbons (Fsp3) is 0.172. The minimum absolute atomic E-state index is 0.298. The molecule has 1 aromatic carbocycles. The van der Waals surface area contributed by atoms with E-state index in [1.807, 2.05) is 24.3 Å². The molecule has 0 spiro atoms. The van der Waals surface area contributed by atoms with Crippen molar-refractivity contribution in [2.75, 3.05) is 12.4 Å². The molecule has 6 aromatic rings. The van der Waals surface area contributed by atoms with Gasteiger partial charge in [0.05, 0.1) is 47.8 Å². The van der Waals surface area contributed by atoms with Crippen LogP contribution in [-0.4, -0.2) is 48.6 Å². The van der Waals surface area contributed by atoms with Crippen molar-refractivity contribution < 1.29 is 14.2 Å². The average Bonchev–Trinajstić information content (AvgIpc) is 3.58. The first-order valence-electron chi connectivity index (χ1n) is 12.6. The third kappa shape index (κ3) is 4.34. The summed E-state index contributed by atoms with van der Waals surface area (Å²) in [6.45, 7) is 0. The number of hydrogen-bond donors (Lipinski definition) is 4. The quantitative estimate of drug-likeness (QED) is 0.204. The summed E-state index contributed by atoms with van der Waals surface area (Å²) in [7, 11) is 1.51. The maximum Gasteiger partial charge on any atom is 0.127 e. The number of benzene rings is 1. The summed E-state index contributed by atoms with van der Waals surface area (Å²) in [5, 5.41) is 22.7. The number of nitrogens with one attached hydrogen (secondary N) is 3. The fourth-order valence-corrected chi connectivity index (χ4v) is 4.87. The van der Waals surface area contributed by atoms with Crippen LogP contribution in [0.25, 0.3) is 55.7 Å². The number of aromatic nitrogens is 6. The monoisotopic (exact) mass is 521 g/mol. The zero-order chi connectivity index (χ0) is 26.5. The smallest absolute Gasteiger partial charge is 0.127 e. The number of aromatic amines is 2. The Bertz CT molecular complexity index is 1840. The zero-order valence-corrected chi connectivity index (χ0v) is 20.9. The number of aliphatic hydroxyl groups excluding tert-OH is 1. The van der Waals surface area contributed by atoms with Gasteiger partial charge in [0.1, 0.15) is 23.5 Å². The SMILES string of the molecule is COc1cc(F)cc(-c2nccc3[nH]c(-c4n[nH]c5cnc(-c6cncc(NC(O)C7CC7)c6)cc45)cc23)c1. The molecule has 9 nitrogen and oxygen atoms in total. The van der Waals surface area contributed by atoms with Crippen molar-refractivity contribution in [1.29, 1.82) is 0 Å². The molecule has 0 radical (unpaired) electrons. The normalized spacial score (nSPS) is 14.1. The second-order valence-corrected chi connectivity index (χ2v) is 9.76. The van der Waals surface area contributed by atoms with Gasteiger partial charge in [0, 0.05) is 51.8 Å². The molecule has 39 heavy (non-hydrogen) atoms. The van der Waals surface area contributed by atoms with Crippen LogP contribution in [-0.2, 0) is 0 Å². The van der Waals surface area contributed by atoms with E-state index in [0.717, 1.165) is 63.0 Å². The highest BCUT2D eigenvalue weighted by Crippen LogP contribution is 2.36. The van der Waals surface area contributed by atoms with Gasteiger partial charge in [0.25, 0.3) is 0 Å². The molecule has 1 unspecified atom stereocenters. The molecule has 5 aromatic heterocycles. The van der Waals surface area contributed by atoms with E-state index >= 15 is 0 Å². The van der Waals surface area contributed by atoms with Gasteiger partial charge in [-0.1, -0.05) is 0 Å². The van der Waals surface area contributed by atoms with Gasteiger partial charge >= 0.3 is 0 Å². The number of nitrogens with zero attached hydrogens (tertiary/aromatic N) is 4. The van der Waals surface area contributed by atoms with Crippen LogP contribution in [0.1, 0.15) is 12.8 Å². The van der Waals surface area contributed by atoms with Crippen LogP contribution < -0.4 is 10.1 Å². The first-order chi connectivity index (χ1) is 19.1. The molecular weight excluding hydrogens is 497 g/mol. The Morgan fingerprint density at radius 2 is 1.85 bits per heavy atom. The molecule has 1 aliphatic carbocycles. The third-order valence-corrected chi connectivity index (χ3v) is 7.05. The summed E-state index contributed by atoms with van der Waals surface area (Å²) in [4.78, 5) is 16.9. The standard InChI is InChI=1S/C29H24FN7O2/c1-39-20-8-16(6-18(30)9-20)27-21-11-25(35-23(21)4-5-32-27)28-22-10-24(33-14-26(22)36-37-28)17-7-19(13-31-12-17)34-29(38)15-2-3-15/h4-15,29,34-35,38H,2-3H2,1H3,(H,36,37). The molecule has 0 saturated heterocycles. The number of ether oxygens (including phenoxy) is 1. The predicted octanol–water partition coefficient (Wildman–Crippen LogP) is 5.52. The Hall–Kier alpha value is -4.83. The third-order valence-electron chi connectivity index (χ3n) is 7.05. The molecule has 1 saturated carbocycles. The molecule has 194 valence electrons.